The van der Waals surface area contributed by atoms with E-state index in [2.05, 4.69) is 5.32 Å². The molecule has 0 bridgehead atoms. The van der Waals surface area contributed by atoms with Crippen LogP contribution in [0.4, 0.5) is 0 Å². The quantitative estimate of drug-likeness (QED) is 0.731. The molecule has 148 valence electrons. The van der Waals surface area contributed by atoms with Gasteiger partial charge in [-0.2, -0.15) is 0 Å². The summed E-state index contributed by atoms with van der Waals surface area (Å²) < 4.78 is 5.36. The number of rotatable bonds is 5. The number of nitrogens with one attached hydrogen (secondary N) is 1. The lowest BCUT2D eigenvalue weighted by Gasteiger charge is -2.31. The molecule has 2 amide bonds. The van der Waals surface area contributed by atoms with Crippen molar-refractivity contribution < 1.29 is 14.3 Å². The number of hydrogen-bond donors (Lipinski definition) is 1. The van der Waals surface area contributed by atoms with Crippen molar-refractivity contribution in [2.75, 3.05) is 26.3 Å². The van der Waals surface area contributed by atoms with Crippen LogP contribution in [0.2, 0.25) is 0 Å². The van der Waals surface area contributed by atoms with Crippen molar-refractivity contribution in [1.82, 2.24) is 10.2 Å². The summed E-state index contributed by atoms with van der Waals surface area (Å²) in [6.07, 6.45) is 0.223. The largest absolute Gasteiger partial charge is 0.378 e. The van der Waals surface area contributed by atoms with Crippen LogP contribution in [0, 0.1) is 0 Å². The van der Waals surface area contributed by atoms with Crippen LogP contribution in [0.1, 0.15) is 17.2 Å². The average molecular weight is 388 g/mol. The molecule has 0 saturated carbocycles. The van der Waals surface area contributed by atoms with E-state index < -0.39 is 6.04 Å². The summed E-state index contributed by atoms with van der Waals surface area (Å²) in [5.74, 6) is -0.261. The normalized spacial score (nSPS) is 15.1. The van der Waals surface area contributed by atoms with Gasteiger partial charge in [-0.1, -0.05) is 72.8 Å². The molecule has 1 aliphatic heterocycles. The molecule has 1 saturated heterocycles. The number of carbonyl (C=O) groups excluding carboxylic acids is 2. The number of fused-ring (bicyclic) bond motifs is 1. The summed E-state index contributed by atoms with van der Waals surface area (Å²) in [7, 11) is 0. The van der Waals surface area contributed by atoms with Crippen molar-refractivity contribution in [2.24, 2.45) is 0 Å². The van der Waals surface area contributed by atoms with E-state index in [1.165, 1.54) is 0 Å². The van der Waals surface area contributed by atoms with Crippen LogP contribution in [0.3, 0.4) is 0 Å². The first-order valence-electron chi connectivity index (χ1n) is 9.90. The molecule has 1 heterocycles. The Bertz CT molecular complexity index is 992. The lowest BCUT2D eigenvalue weighted by molar-refractivity contribution is -0.140. The summed E-state index contributed by atoms with van der Waals surface area (Å²) in [5, 5.41) is 5.13. The molecule has 1 aliphatic rings. The van der Waals surface area contributed by atoms with Gasteiger partial charge in [0, 0.05) is 13.1 Å². The summed E-state index contributed by atoms with van der Waals surface area (Å²) in [5.41, 5.74) is 1.74. The van der Waals surface area contributed by atoms with Gasteiger partial charge in [-0.15, -0.1) is 0 Å². The molecule has 3 aromatic carbocycles. The molecule has 1 atom stereocenters. The van der Waals surface area contributed by atoms with Gasteiger partial charge in [0.25, 0.3) is 0 Å². The van der Waals surface area contributed by atoms with E-state index in [9.17, 15) is 9.59 Å². The van der Waals surface area contributed by atoms with Crippen molar-refractivity contribution in [2.45, 2.75) is 12.5 Å². The Morgan fingerprint density at radius 1 is 0.897 bits per heavy atom. The Labute approximate surface area is 170 Å². The fourth-order valence-electron chi connectivity index (χ4n) is 3.73. The highest BCUT2D eigenvalue weighted by atomic mass is 16.5. The van der Waals surface area contributed by atoms with Crippen LogP contribution >= 0.6 is 0 Å². The number of ether oxygens (including phenoxy) is 1. The van der Waals surface area contributed by atoms with E-state index in [-0.39, 0.29) is 18.2 Å². The maximum absolute atomic E-state index is 13.2. The minimum absolute atomic E-state index is 0.0919. The predicted octanol–water partition coefficient (Wildman–Crippen LogP) is 3.10. The van der Waals surface area contributed by atoms with E-state index in [0.29, 0.717) is 26.3 Å². The van der Waals surface area contributed by atoms with Gasteiger partial charge in [-0.3, -0.25) is 9.59 Å². The third-order valence-corrected chi connectivity index (χ3v) is 5.24. The second-order valence-corrected chi connectivity index (χ2v) is 7.16. The molecule has 1 fully saturated rings. The number of nitrogens with zero attached hydrogens (tertiary/aromatic N) is 1. The maximum atomic E-state index is 13.2. The Morgan fingerprint density at radius 2 is 1.59 bits per heavy atom. The molecule has 1 N–H and O–H groups in total. The average Bonchev–Trinajstić information content (AvgIpc) is 2.78. The number of hydrogen-bond acceptors (Lipinski definition) is 3. The Hall–Kier alpha value is -3.18. The fraction of sp³-hybridized carbons (Fsp3) is 0.250. The third kappa shape index (κ3) is 4.46. The third-order valence-electron chi connectivity index (χ3n) is 5.24. The molecule has 0 aromatic heterocycles. The van der Waals surface area contributed by atoms with Crippen LogP contribution in [0.15, 0.2) is 72.8 Å². The molecular formula is C24H24N2O3. The van der Waals surface area contributed by atoms with Gasteiger partial charge >= 0.3 is 0 Å². The zero-order valence-corrected chi connectivity index (χ0v) is 16.2. The minimum atomic E-state index is -0.697. The molecular weight excluding hydrogens is 364 g/mol. The molecule has 0 spiro atoms. The summed E-state index contributed by atoms with van der Waals surface area (Å²) >= 11 is 0. The summed E-state index contributed by atoms with van der Waals surface area (Å²) in [6, 6.07) is 22.7. The van der Waals surface area contributed by atoms with E-state index in [4.69, 9.17) is 4.74 Å². The maximum Gasteiger partial charge on any atom is 0.249 e. The number of morpholine rings is 1. The zero-order valence-electron chi connectivity index (χ0n) is 16.2. The van der Waals surface area contributed by atoms with Gasteiger partial charge in [-0.25, -0.2) is 0 Å². The molecule has 5 heteroatoms. The van der Waals surface area contributed by atoms with Crippen LogP contribution in [0.5, 0.6) is 0 Å². The van der Waals surface area contributed by atoms with Crippen molar-refractivity contribution in [3.05, 3.63) is 83.9 Å². The summed E-state index contributed by atoms with van der Waals surface area (Å²) in [6.45, 7) is 2.14. The van der Waals surface area contributed by atoms with Crippen molar-refractivity contribution >= 4 is 22.6 Å². The minimum Gasteiger partial charge on any atom is -0.378 e. The number of carbonyl (C=O) groups is 2. The van der Waals surface area contributed by atoms with Gasteiger partial charge in [-0.05, 0) is 21.9 Å². The summed E-state index contributed by atoms with van der Waals surface area (Å²) in [4.78, 5) is 27.8. The van der Waals surface area contributed by atoms with E-state index in [1.54, 1.807) is 4.90 Å². The van der Waals surface area contributed by atoms with Crippen LogP contribution < -0.4 is 5.32 Å². The highest BCUT2D eigenvalue weighted by Crippen LogP contribution is 2.21. The molecule has 0 unspecified atom stereocenters. The van der Waals surface area contributed by atoms with Gasteiger partial charge in [0.15, 0.2) is 0 Å². The zero-order chi connectivity index (χ0) is 20.1. The Kier molecular flexibility index (Phi) is 5.86. The van der Waals surface area contributed by atoms with Crippen molar-refractivity contribution in [3.8, 4) is 0 Å². The predicted molar refractivity (Wildman–Crippen MR) is 112 cm³/mol. The first-order valence-corrected chi connectivity index (χ1v) is 9.90. The van der Waals surface area contributed by atoms with Crippen LogP contribution in [-0.4, -0.2) is 43.0 Å². The fourth-order valence-corrected chi connectivity index (χ4v) is 3.73. The molecule has 5 nitrogen and oxygen atoms in total. The Morgan fingerprint density at radius 3 is 2.38 bits per heavy atom. The second kappa shape index (κ2) is 8.88. The lowest BCUT2D eigenvalue weighted by atomic mass is 10.0. The highest BCUT2D eigenvalue weighted by molar-refractivity contribution is 5.93. The van der Waals surface area contributed by atoms with Gasteiger partial charge in [0.05, 0.1) is 19.6 Å². The molecule has 29 heavy (non-hydrogen) atoms. The highest BCUT2D eigenvalue weighted by Gasteiger charge is 2.28. The number of amides is 2. The Balaban J connectivity index is 1.55. The van der Waals surface area contributed by atoms with Gasteiger partial charge in [0.2, 0.25) is 11.8 Å². The SMILES string of the molecule is O=C(Cc1cccc2ccccc12)N[C@H](C(=O)N1CCOCC1)c1ccccc1. The van der Waals surface area contributed by atoms with Crippen molar-refractivity contribution in [3.63, 3.8) is 0 Å². The molecule has 3 aromatic rings. The van der Waals surface area contributed by atoms with E-state index >= 15 is 0 Å². The number of benzene rings is 3. The lowest BCUT2D eigenvalue weighted by Crippen LogP contribution is -2.47. The molecule has 0 radical (unpaired) electrons. The first kappa shape index (κ1) is 19.2. The second-order valence-electron chi connectivity index (χ2n) is 7.16. The molecule has 4 rings (SSSR count). The van der Waals surface area contributed by atoms with Crippen molar-refractivity contribution in [1.29, 1.82) is 0 Å². The van der Waals surface area contributed by atoms with Gasteiger partial charge < -0.3 is 15.0 Å². The molecule has 0 aliphatic carbocycles. The standard InChI is InChI=1S/C24H24N2O3/c27-22(17-20-11-6-10-18-7-4-5-12-21(18)20)25-23(19-8-2-1-3-9-19)24(28)26-13-15-29-16-14-26/h1-12,23H,13-17H2,(H,25,27)/t23-/m0/s1. The topological polar surface area (TPSA) is 58.6 Å². The monoisotopic (exact) mass is 388 g/mol. The first-order chi connectivity index (χ1) is 14.2. The van der Waals surface area contributed by atoms with E-state index in [1.807, 2.05) is 72.8 Å². The van der Waals surface area contributed by atoms with E-state index in [0.717, 1.165) is 21.9 Å². The smallest absolute Gasteiger partial charge is 0.249 e. The van der Waals surface area contributed by atoms with Crippen LogP contribution in [0.25, 0.3) is 10.8 Å². The van der Waals surface area contributed by atoms with Crippen LogP contribution in [-0.2, 0) is 20.7 Å². The van der Waals surface area contributed by atoms with Gasteiger partial charge in [0.1, 0.15) is 6.04 Å².